The van der Waals surface area contributed by atoms with E-state index in [0.717, 1.165) is 5.56 Å². The average molecular weight is 354 g/mol. The van der Waals surface area contributed by atoms with Crippen molar-refractivity contribution in [2.45, 2.75) is 26.8 Å². The predicted octanol–water partition coefficient (Wildman–Crippen LogP) is 3.09. The fourth-order valence-corrected chi connectivity index (χ4v) is 2.42. The maximum atomic E-state index is 12.4. The third-order valence-corrected chi connectivity index (χ3v) is 4.00. The number of rotatable bonds is 6. The maximum absolute atomic E-state index is 12.4. The number of amides is 2. The monoisotopic (exact) mass is 354 g/mol. The van der Waals surface area contributed by atoms with Crippen LogP contribution in [0, 0.1) is 12.8 Å². The minimum atomic E-state index is -1.09. The molecule has 6 nitrogen and oxygen atoms in total. The van der Waals surface area contributed by atoms with Gasteiger partial charge in [-0.1, -0.05) is 38.1 Å². The van der Waals surface area contributed by atoms with E-state index in [-0.39, 0.29) is 17.4 Å². The van der Waals surface area contributed by atoms with Crippen molar-refractivity contribution >= 4 is 23.5 Å². The largest absolute Gasteiger partial charge is 0.480 e. The quantitative estimate of drug-likeness (QED) is 0.743. The standard InChI is InChI=1S/C20H22N2O4/c1-12(2)17(20(25)26)22-19(24)15-10-9-13(3)16(11-15)21-18(23)14-7-5-4-6-8-14/h4-12,17H,1-3H3,(H,21,23)(H,22,24)(H,25,26)/t17-/m0/s1. The lowest BCUT2D eigenvalue weighted by atomic mass is 10.0. The number of nitrogens with one attached hydrogen (secondary N) is 2. The number of anilines is 1. The van der Waals surface area contributed by atoms with Crippen LogP contribution < -0.4 is 10.6 Å². The molecule has 2 rings (SSSR count). The molecule has 0 fully saturated rings. The Morgan fingerprint density at radius 3 is 2.15 bits per heavy atom. The Labute approximate surface area is 152 Å². The molecular formula is C20H22N2O4. The topological polar surface area (TPSA) is 95.5 Å². The molecule has 0 aliphatic heterocycles. The van der Waals surface area contributed by atoms with E-state index < -0.39 is 17.9 Å². The zero-order chi connectivity index (χ0) is 19.3. The molecule has 1 atom stereocenters. The molecule has 2 aromatic carbocycles. The Bertz CT molecular complexity index is 816. The summed E-state index contributed by atoms with van der Waals surface area (Å²) in [6.45, 7) is 5.26. The van der Waals surface area contributed by atoms with E-state index in [4.69, 9.17) is 0 Å². The molecule has 0 aliphatic carbocycles. The summed E-state index contributed by atoms with van der Waals surface area (Å²) in [5.41, 5.74) is 2.09. The van der Waals surface area contributed by atoms with Gasteiger partial charge < -0.3 is 15.7 Å². The van der Waals surface area contributed by atoms with Crippen LogP contribution in [0.4, 0.5) is 5.69 Å². The van der Waals surface area contributed by atoms with Crippen molar-refractivity contribution in [1.82, 2.24) is 5.32 Å². The van der Waals surface area contributed by atoms with E-state index in [1.165, 1.54) is 0 Å². The van der Waals surface area contributed by atoms with Crippen LogP contribution >= 0.6 is 0 Å². The Hall–Kier alpha value is -3.15. The average Bonchev–Trinajstić information content (AvgIpc) is 2.61. The molecule has 0 heterocycles. The Kier molecular flexibility index (Phi) is 6.11. The molecule has 136 valence electrons. The lowest BCUT2D eigenvalue weighted by Crippen LogP contribution is -2.44. The van der Waals surface area contributed by atoms with Gasteiger partial charge >= 0.3 is 5.97 Å². The smallest absolute Gasteiger partial charge is 0.326 e. The van der Waals surface area contributed by atoms with Crippen LogP contribution in [-0.4, -0.2) is 28.9 Å². The van der Waals surface area contributed by atoms with E-state index in [1.807, 2.05) is 13.0 Å². The fourth-order valence-electron chi connectivity index (χ4n) is 2.42. The van der Waals surface area contributed by atoms with Crippen LogP contribution in [0.15, 0.2) is 48.5 Å². The van der Waals surface area contributed by atoms with Crippen LogP contribution in [0.3, 0.4) is 0 Å². The normalized spacial score (nSPS) is 11.7. The number of benzene rings is 2. The summed E-state index contributed by atoms with van der Waals surface area (Å²) >= 11 is 0. The molecule has 0 saturated heterocycles. The predicted molar refractivity (Wildman–Crippen MR) is 99.3 cm³/mol. The van der Waals surface area contributed by atoms with Crippen molar-refractivity contribution in [2.24, 2.45) is 5.92 Å². The van der Waals surface area contributed by atoms with Gasteiger partial charge in [0.25, 0.3) is 11.8 Å². The van der Waals surface area contributed by atoms with E-state index >= 15 is 0 Å². The molecule has 2 amide bonds. The minimum Gasteiger partial charge on any atom is -0.480 e. The van der Waals surface area contributed by atoms with Gasteiger partial charge in [0.05, 0.1) is 0 Å². The van der Waals surface area contributed by atoms with Crippen molar-refractivity contribution in [2.75, 3.05) is 5.32 Å². The first-order valence-electron chi connectivity index (χ1n) is 8.30. The number of carbonyl (C=O) groups is 3. The third-order valence-electron chi connectivity index (χ3n) is 4.00. The summed E-state index contributed by atoms with van der Waals surface area (Å²) < 4.78 is 0. The van der Waals surface area contributed by atoms with Crippen LogP contribution in [0.5, 0.6) is 0 Å². The second-order valence-corrected chi connectivity index (χ2v) is 6.38. The number of hydrogen-bond donors (Lipinski definition) is 3. The van der Waals surface area contributed by atoms with E-state index in [0.29, 0.717) is 11.3 Å². The van der Waals surface area contributed by atoms with Gasteiger partial charge in [-0.05, 0) is 42.7 Å². The summed E-state index contributed by atoms with van der Waals surface area (Å²) in [5, 5.41) is 14.5. The van der Waals surface area contributed by atoms with E-state index in [1.54, 1.807) is 56.3 Å². The van der Waals surface area contributed by atoms with Gasteiger partial charge in [-0.15, -0.1) is 0 Å². The molecule has 0 bridgehead atoms. The number of carbonyl (C=O) groups excluding carboxylic acids is 2. The van der Waals surface area contributed by atoms with Crippen LogP contribution in [0.25, 0.3) is 0 Å². The summed E-state index contributed by atoms with van der Waals surface area (Å²) in [7, 11) is 0. The van der Waals surface area contributed by atoms with Gasteiger partial charge in [-0.25, -0.2) is 4.79 Å². The highest BCUT2D eigenvalue weighted by Crippen LogP contribution is 2.18. The van der Waals surface area contributed by atoms with Crippen molar-refractivity contribution in [3.63, 3.8) is 0 Å². The van der Waals surface area contributed by atoms with Crippen molar-refractivity contribution in [1.29, 1.82) is 0 Å². The minimum absolute atomic E-state index is 0.251. The second-order valence-electron chi connectivity index (χ2n) is 6.38. The molecule has 6 heteroatoms. The number of aryl methyl sites for hydroxylation is 1. The zero-order valence-electron chi connectivity index (χ0n) is 14.9. The van der Waals surface area contributed by atoms with Gasteiger partial charge in [0.15, 0.2) is 0 Å². The highest BCUT2D eigenvalue weighted by atomic mass is 16.4. The molecule has 3 N–H and O–H groups in total. The first-order valence-corrected chi connectivity index (χ1v) is 8.30. The van der Waals surface area contributed by atoms with Crippen molar-refractivity contribution < 1.29 is 19.5 Å². The number of carboxylic acid groups (broad SMARTS) is 1. The molecular weight excluding hydrogens is 332 g/mol. The number of aliphatic carboxylic acids is 1. The highest BCUT2D eigenvalue weighted by molar-refractivity contribution is 6.05. The molecule has 0 aromatic heterocycles. The molecule has 2 aromatic rings. The first kappa shape index (κ1) is 19.2. The summed E-state index contributed by atoms with van der Waals surface area (Å²) in [4.78, 5) is 36.0. The van der Waals surface area contributed by atoms with Crippen molar-refractivity contribution in [3.05, 3.63) is 65.2 Å². The molecule has 26 heavy (non-hydrogen) atoms. The Morgan fingerprint density at radius 2 is 1.58 bits per heavy atom. The Morgan fingerprint density at radius 1 is 0.923 bits per heavy atom. The van der Waals surface area contributed by atoms with Gasteiger partial charge in [0.1, 0.15) is 6.04 Å². The zero-order valence-corrected chi connectivity index (χ0v) is 14.9. The summed E-state index contributed by atoms with van der Waals surface area (Å²) in [5.74, 6) is -2.12. The molecule has 0 saturated carbocycles. The lowest BCUT2D eigenvalue weighted by molar-refractivity contribution is -0.140. The number of carboxylic acids is 1. The molecule has 0 unspecified atom stereocenters. The molecule has 0 aliphatic rings. The number of hydrogen-bond acceptors (Lipinski definition) is 3. The molecule has 0 radical (unpaired) electrons. The van der Waals surface area contributed by atoms with Crippen LogP contribution in [-0.2, 0) is 4.79 Å². The van der Waals surface area contributed by atoms with Crippen LogP contribution in [0.1, 0.15) is 40.1 Å². The van der Waals surface area contributed by atoms with Gasteiger partial charge in [-0.3, -0.25) is 9.59 Å². The summed E-state index contributed by atoms with van der Waals surface area (Å²) in [6.07, 6.45) is 0. The lowest BCUT2D eigenvalue weighted by Gasteiger charge is -2.18. The summed E-state index contributed by atoms with van der Waals surface area (Å²) in [6, 6.07) is 12.6. The highest BCUT2D eigenvalue weighted by Gasteiger charge is 2.24. The maximum Gasteiger partial charge on any atom is 0.326 e. The first-order chi connectivity index (χ1) is 12.3. The van der Waals surface area contributed by atoms with E-state index in [2.05, 4.69) is 10.6 Å². The third kappa shape index (κ3) is 4.69. The SMILES string of the molecule is Cc1ccc(C(=O)N[C@H](C(=O)O)C(C)C)cc1NC(=O)c1ccccc1. The van der Waals surface area contributed by atoms with Gasteiger partial charge in [0, 0.05) is 16.8 Å². The van der Waals surface area contributed by atoms with Crippen LogP contribution in [0.2, 0.25) is 0 Å². The second kappa shape index (κ2) is 8.29. The Balaban J connectivity index is 2.20. The fraction of sp³-hybridized carbons (Fsp3) is 0.250. The van der Waals surface area contributed by atoms with E-state index in [9.17, 15) is 19.5 Å². The van der Waals surface area contributed by atoms with Gasteiger partial charge in [-0.2, -0.15) is 0 Å². The van der Waals surface area contributed by atoms with Gasteiger partial charge in [0.2, 0.25) is 0 Å². The molecule has 0 spiro atoms. The van der Waals surface area contributed by atoms with Crippen molar-refractivity contribution in [3.8, 4) is 0 Å².